The third-order valence-electron chi connectivity index (χ3n) is 4.51. The van der Waals surface area contributed by atoms with Gasteiger partial charge in [-0.3, -0.25) is 4.79 Å². The normalized spacial score (nSPS) is 23.3. The maximum Gasteiger partial charge on any atom is 0.317 e. The summed E-state index contributed by atoms with van der Waals surface area (Å²) in [4.78, 5) is 26.3. The molecule has 2 aliphatic rings. The summed E-state index contributed by atoms with van der Waals surface area (Å²) in [5, 5.41) is 6.01. The van der Waals surface area contributed by atoms with E-state index in [0.29, 0.717) is 31.5 Å². The highest BCUT2D eigenvalue weighted by molar-refractivity contribution is 5.81. The fraction of sp³-hybridized carbons (Fsp3) is 0.875. The highest BCUT2D eigenvalue weighted by Crippen LogP contribution is 2.32. The molecule has 6 nitrogen and oxygen atoms in total. The number of carbonyl (C=O) groups excluding carboxylic acids is 2. The molecule has 126 valence electrons. The number of hydrogen-bond acceptors (Lipinski definition) is 3. The van der Waals surface area contributed by atoms with Crippen LogP contribution in [-0.4, -0.2) is 49.1 Å². The zero-order valence-corrected chi connectivity index (χ0v) is 13.8. The van der Waals surface area contributed by atoms with Crippen molar-refractivity contribution in [1.82, 2.24) is 15.5 Å². The molecule has 1 saturated heterocycles. The van der Waals surface area contributed by atoms with Crippen LogP contribution in [0.5, 0.6) is 0 Å². The van der Waals surface area contributed by atoms with Gasteiger partial charge in [-0.05, 0) is 37.5 Å². The Bertz CT molecular complexity index is 396. The van der Waals surface area contributed by atoms with E-state index in [1.165, 1.54) is 0 Å². The third-order valence-corrected chi connectivity index (χ3v) is 4.51. The van der Waals surface area contributed by atoms with Gasteiger partial charge < -0.3 is 21.3 Å². The largest absolute Gasteiger partial charge is 0.352 e. The first-order chi connectivity index (χ1) is 10.5. The highest BCUT2D eigenvalue weighted by Gasteiger charge is 2.34. The summed E-state index contributed by atoms with van der Waals surface area (Å²) in [7, 11) is 0. The maximum atomic E-state index is 12.4. The molecule has 3 amide bonds. The number of rotatable bonds is 6. The van der Waals surface area contributed by atoms with Gasteiger partial charge in [-0.1, -0.05) is 13.8 Å². The fourth-order valence-corrected chi connectivity index (χ4v) is 2.95. The molecule has 1 saturated carbocycles. The Morgan fingerprint density at radius 3 is 2.59 bits per heavy atom. The Morgan fingerprint density at radius 2 is 2.00 bits per heavy atom. The van der Waals surface area contributed by atoms with Crippen LogP contribution in [0, 0.1) is 17.8 Å². The molecule has 1 aliphatic carbocycles. The number of likely N-dealkylation sites (tertiary alicyclic amines) is 1. The van der Waals surface area contributed by atoms with Crippen molar-refractivity contribution in [3.05, 3.63) is 0 Å². The molecule has 1 aliphatic heterocycles. The molecule has 0 aromatic heterocycles. The molecular formula is C16H30N4O2. The van der Waals surface area contributed by atoms with E-state index < -0.39 is 0 Å². The summed E-state index contributed by atoms with van der Waals surface area (Å²) in [6, 6.07) is 0.0569. The Balaban J connectivity index is 1.81. The lowest BCUT2D eigenvalue weighted by Crippen LogP contribution is -2.51. The summed E-state index contributed by atoms with van der Waals surface area (Å²) >= 11 is 0. The number of amides is 3. The SMILES string of the molecule is CC(C)CNC(=O)N1CCCC(C(=O)NC(CN)C2CC2)C1. The van der Waals surface area contributed by atoms with Crippen molar-refractivity contribution in [2.45, 2.75) is 45.6 Å². The second-order valence-corrected chi connectivity index (χ2v) is 7.05. The van der Waals surface area contributed by atoms with Gasteiger partial charge in [0.1, 0.15) is 0 Å². The molecule has 1 heterocycles. The summed E-state index contributed by atoms with van der Waals surface area (Å²) in [5.41, 5.74) is 5.75. The van der Waals surface area contributed by atoms with Gasteiger partial charge in [-0.15, -0.1) is 0 Å². The van der Waals surface area contributed by atoms with Crippen molar-refractivity contribution >= 4 is 11.9 Å². The zero-order chi connectivity index (χ0) is 16.1. The van der Waals surface area contributed by atoms with E-state index in [1.54, 1.807) is 4.90 Å². The zero-order valence-electron chi connectivity index (χ0n) is 13.8. The predicted molar refractivity (Wildman–Crippen MR) is 86.2 cm³/mol. The van der Waals surface area contributed by atoms with E-state index in [1.807, 2.05) is 0 Å². The molecule has 0 spiro atoms. The Hall–Kier alpha value is -1.30. The van der Waals surface area contributed by atoms with Gasteiger partial charge >= 0.3 is 6.03 Å². The van der Waals surface area contributed by atoms with E-state index in [-0.39, 0.29) is 23.9 Å². The molecule has 0 aromatic rings. The van der Waals surface area contributed by atoms with Crippen molar-refractivity contribution in [2.24, 2.45) is 23.5 Å². The van der Waals surface area contributed by atoms with Crippen molar-refractivity contribution in [1.29, 1.82) is 0 Å². The van der Waals surface area contributed by atoms with Crippen molar-refractivity contribution in [3.8, 4) is 0 Å². The van der Waals surface area contributed by atoms with E-state index in [9.17, 15) is 9.59 Å². The predicted octanol–water partition coefficient (Wildman–Crippen LogP) is 0.918. The number of hydrogen-bond donors (Lipinski definition) is 3. The van der Waals surface area contributed by atoms with Crippen LogP contribution < -0.4 is 16.4 Å². The second kappa shape index (κ2) is 7.81. The average molecular weight is 310 g/mol. The first kappa shape index (κ1) is 17.1. The smallest absolute Gasteiger partial charge is 0.317 e. The van der Waals surface area contributed by atoms with E-state index in [0.717, 1.165) is 32.2 Å². The lowest BCUT2D eigenvalue weighted by molar-refractivity contribution is -0.127. The van der Waals surface area contributed by atoms with Crippen LogP contribution in [0.4, 0.5) is 4.79 Å². The van der Waals surface area contributed by atoms with Crippen LogP contribution in [0.3, 0.4) is 0 Å². The quantitative estimate of drug-likeness (QED) is 0.681. The highest BCUT2D eigenvalue weighted by atomic mass is 16.2. The van der Waals surface area contributed by atoms with Gasteiger partial charge in [0.05, 0.1) is 5.92 Å². The average Bonchev–Trinajstić information content (AvgIpc) is 3.34. The summed E-state index contributed by atoms with van der Waals surface area (Å²) in [6.45, 7) is 6.55. The van der Waals surface area contributed by atoms with E-state index in [4.69, 9.17) is 5.73 Å². The molecule has 2 rings (SSSR count). The van der Waals surface area contributed by atoms with Crippen molar-refractivity contribution in [3.63, 3.8) is 0 Å². The van der Waals surface area contributed by atoms with Crippen LogP contribution >= 0.6 is 0 Å². The Morgan fingerprint density at radius 1 is 1.27 bits per heavy atom. The molecule has 2 atom stereocenters. The van der Waals surface area contributed by atoms with Gasteiger partial charge in [-0.2, -0.15) is 0 Å². The summed E-state index contributed by atoms with van der Waals surface area (Å²) in [5.74, 6) is 0.940. The molecule has 6 heteroatoms. The molecule has 0 bridgehead atoms. The molecule has 2 unspecified atom stereocenters. The van der Waals surface area contributed by atoms with Gasteiger partial charge in [0, 0.05) is 32.2 Å². The Kier molecular flexibility index (Phi) is 6.06. The minimum atomic E-state index is -0.105. The van der Waals surface area contributed by atoms with Gasteiger partial charge in [-0.25, -0.2) is 4.79 Å². The van der Waals surface area contributed by atoms with E-state index >= 15 is 0 Å². The van der Waals surface area contributed by atoms with Crippen molar-refractivity contribution < 1.29 is 9.59 Å². The monoisotopic (exact) mass is 310 g/mol. The topological polar surface area (TPSA) is 87.5 Å². The maximum absolute atomic E-state index is 12.4. The summed E-state index contributed by atoms with van der Waals surface area (Å²) < 4.78 is 0. The van der Waals surface area contributed by atoms with Crippen molar-refractivity contribution in [2.75, 3.05) is 26.2 Å². The number of nitrogens with two attached hydrogens (primary N) is 1. The number of piperidine rings is 1. The first-order valence-corrected chi connectivity index (χ1v) is 8.54. The molecule has 0 radical (unpaired) electrons. The van der Waals surface area contributed by atoms with Crippen LogP contribution in [-0.2, 0) is 4.79 Å². The summed E-state index contributed by atoms with van der Waals surface area (Å²) in [6.07, 6.45) is 4.05. The van der Waals surface area contributed by atoms with Crippen LogP contribution in [0.25, 0.3) is 0 Å². The minimum Gasteiger partial charge on any atom is -0.352 e. The van der Waals surface area contributed by atoms with Crippen LogP contribution in [0.1, 0.15) is 39.5 Å². The van der Waals surface area contributed by atoms with Gasteiger partial charge in [0.25, 0.3) is 0 Å². The molecule has 0 aromatic carbocycles. The second-order valence-electron chi connectivity index (χ2n) is 7.05. The minimum absolute atomic E-state index is 0.0521. The molecule has 22 heavy (non-hydrogen) atoms. The standard InChI is InChI=1S/C16H30N4O2/c1-11(2)9-18-16(22)20-7-3-4-13(10-20)15(21)19-14(8-17)12-5-6-12/h11-14H,3-10,17H2,1-2H3,(H,18,22)(H,19,21). The van der Waals surface area contributed by atoms with Crippen LogP contribution in [0.15, 0.2) is 0 Å². The molecular weight excluding hydrogens is 280 g/mol. The molecule has 4 N–H and O–H groups in total. The third kappa shape index (κ3) is 4.87. The number of urea groups is 1. The number of carbonyl (C=O) groups is 2. The lowest BCUT2D eigenvalue weighted by atomic mass is 9.96. The number of nitrogens with zero attached hydrogens (tertiary/aromatic N) is 1. The first-order valence-electron chi connectivity index (χ1n) is 8.54. The van der Waals surface area contributed by atoms with Gasteiger partial charge in [0.15, 0.2) is 0 Å². The Labute approximate surface area is 133 Å². The fourth-order valence-electron chi connectivity index (χ4n) is 2.95. The number of nitrogens with one attached hydrogen (secondary N) is 2. The van der Waals surface area contributed by atoms with Gasteiger partial charge in [0.2, 0.25) is 5.91 Å². The molecule has 2 fully saturated rings. The lowest BCUT2D eigenvalue weighted by Gasteiger charge is -2.33. The van der Waals surface area contributed by atoms with Crippen LogP contribution in [0.2, 0.25) is 0 Å². The van der Waals surface area contributed by atoms with E-state index in [2.05, 4.69) is 24.5 Å².